The molecule has 1 aromatic rings. The number of benzene rings is 1. The Hall–Kier alpha value is -2.08. The molecule has 120 valence electrons. The molecule has 2 rings (SSSR count). The van der Waals surface area contributed by atoms with Gasteiger partial charge in [0.2, 0.25) is 0 Å². The number of rotatable bonds is 6. The summed E-state index contributed by atoms with van der Waals surface area (Å²) in [6.07, 6.45) is 0.869. The van der Waals surface area contributed by atoms with Gasteiger partial charge >= 0.3 is 5.97 Å². The summed E-state index contributed by atoms with van der Waals surface area (Å²) in [4.78, 5) is 24.9. The fraction of sp³-hybridized carbons (Fsp3) is 0.500. The Morgan fingerprint density at radius 1 is 1.36 bits per heavy atom. The number of hydrogen-bond donors (Lipinski definition) is 1. The number of hydrogen-bond acceptors (Lipinski definition) is 4. The van der Waals surface area contributed by atoms with E-state index in [9.17, 15) is 14.7 Å². The highest BCUT2D eigenvalue weighted by Gasteiger charge is 2.39. The highest BCUT2D eigenvalue weighted by Crippen LogP contribution is 2.22. The van der Waals surface area contributed by atoms with Gasteiger partial charge in [-0.1, -0.05) is 25.1 Å². The first-order valence-corrected chi connectivity index (χ1v) is 7.32. The zero-order valence-electron chi connectivity index (χ0n) is 12.8. The van der Waals surface area contributed by atoms with Crippen molar-refractivity contribution in [2.45, 2.75) is 31.9 Å². The molecule has 1 N–H and O–H groups in total. The van der Waals surface area contributed by atoms with E-state index in [2.05, 4.69) is 0 Å². The minimum absolute atomic E-state index is 0.169. The van der Waals surface area contributed by atoms with E-state index < -0.39 is 12.0 Å². The molecule has 0 saturated carbocycles. The van der Waals surface area contributed by atoms with Gasteiger partial charge in [0.25, 0.3) is 5.91 Å². The number of para-hydroxylation sites is 1. The van der Waals surface area contributed by atoms with E-state index in [1.165, 1.54) is 12.0 Å². The third-order valence-corrected chi connectivity index (χ3v) is 3.91. The maximum atomic E-state index is 12.3. The van der Waals surface area contributed by atoms with Gasteiger partial charge in [-0.25, -0.2) is 4.79 Å². The Morgan fingerprint density at radius 3 is 2.73 bits per heavy atom. The normalized spacial score (nSPS) is 20.9. The fourth-order valence-corrected chi connectivity index (χ4v) is 2.64. The molecule has 0 aliphatic carbocycles. The lowest BCUT2D eigenvalue weighted by atomic mass is 10.1. The maximum absolute atomic E-state index is 12.3. The Kier molecular flexibility index (Phi) is 5.38. The second-order valence-corrected chi connectivity index (χ2v) is 5.24. The Bertz CT molecular complexity index is 545. The number of likely N-dealkylation sites (tertiary alicyclic amines) is 1. The minimum atomic E-state index is -1.01. The van der Waals surface area contributed by atoms with Crippen molar-refractivity contribution < 1.29 is 24.2 Å². The number of ether oxygens (including phenoxy) is 2. The van der Waals surface area contributed by atoms with E-state index >= 15 is 0 Å². The molecule has 22 heavy (non-hydrogen) atoms. The van der Waals surface area contributed by atoms with Crippen LogP contribution in [-0.4, -0.2) is 54.3 Å². The summed E-state index contributed by atoms with van der Waals surface area (Å²) >= 11 is 0. The second kappa shape index (κ2) is 7.26. The van der Waals surface area contributed by atoms with Crippen molar-refractivity contribution in [2.24, 2.45) is 0 Å². The van der Waals surface area contributed by atoms with Crippen LogP contribution in [0.25, 0.3) is 0 Å². The van der Waals surface area contributed by atoms with Gasteiger partial charge in [0, 0.05) is 20.1 Å². The summed E-state index contributed by atoms with van der Waals surface area (Å²) < 4.78 is 10.7. The van der Waals surface area contributed by atoms with Crippen LogP contribution < -0.4 is 4.74 Å². The number of methoxy groups -OCH3 is 1. The number of carbonyl (C=O) groups excluding carboxylic acids is 1. The average molecular weight is 307 g/mol. The van der Waals surface area contributed by atoms with E-state index in [1.807, 2.05) is 31.2 Å². The summed E-state index contributed by atoms with van der Waals surface area (Å²) in [6.45, 7) is 2.12. The Labute approximate surface area is 129 Å². The number of amides is 1. The van der Waals surface area contributed by atoms with Crippen LogP contribution in [0.1, 0.15) is 18.9 Å². The number of nitrogens with zero attached hydrogens (tertiary/aromatic N) is 1. The van der Waals surface area contributed by atoms with Gasteiger partial charge in [-0.2, -0.15) is 0 Å². The number of carboxylic acids is 1. The zero-order valence-corrected chi connectivity index (χ0v) is 12.8. The van der Waals surface area contributed by atoms with Crippen LogP contribution in [0.15, 0.2) is 24.3 Å². The van der Waals surface area contributed by atoms with Crippen LogP contribution in [0.4, 0.5) is 0 Å². The van der Waals surface area contributed by atoms with E-state index in [1.54, 1.807) is 0 Å². The van der Waals surface area contributed by atoms with Gasteiger partial charge in [0.05, 0.1) is 6.10 Å². The third-order valence-electron chi connectivity index (χ3n) is 3.91. The number of aryl methyl sites for hydroxylation is 1. The lowest BCUT2D eigenvalue weighted by Crippen LogP contribution is -2.43. The number of carboxylic acid groups (broad SMARTS) is 1. The van der Waals surface area contributed by atoms with Gasteiger partial charge < -0.3 is 19.5 Å². The molecule has 1 aliphatic heterocycles. The highest BCUT2D eigenvalue weighted by atomic mass is 16.5. The smallest absolute Gasteiger partial charge is 0.326 e. The number of aliphatic carboxylic acids is 1. The molecule has 0 spiro atoms. The molecule has 2 unspecified atom stereocenters. The van der Waals surface area contributed by atoms with Crippen LogP contribution in [0.3, 0.4) is 0 Å². The molecule has 6 heteroatoms. The van der Waals surface area contributed by atoms with E-state index in [0.29, 0.717) is 12.2 Å². The van der Waals surface area contributed by atoms with E-state index in [-0.39, 0.29) is 25.2 Å². The van der Waals surface area contributed by atoms with Gasteiger partial charge in [-0.05, 0) is 18.1 Å². The van der Waals surface area contributed by atoms with Gasteiger partial charge in [0.15, 0.2) is 6.61 Å². The van der Waals surface area contributed by atoms with Crippen molar-refractivity contribution in [3.8, 4) is 5.75 Å². The molecule has 1 fully saturated rings. The summed E-state index contributed by atoms with van der Waals surface area (Å²) in [7, 11) is 1.52. The molecule has 0 bridgehead atoms. The predicted octanol–water partition coefficient (Wildman–Crippen LogP) is 1.33. The first-order chi connectivity index (χ1) is 10.6. The molecule has 1 aliphatic rings. The highest BCUT2D eigenvalue weighted by molar-refractivity contribution is 5.85. The largest absolute Gasteiger partial charge is 0.483 e. The molecular weight excluding hydrogens is 286 g/mol. The summed E-state index contributed by atoms with van der Waals surface area (Å²) in [5.41, 5.74) is 1.02. The molecule has 0 aromatic heterocycles. The number of carbonyl (C=O) groups is 2. The maximum Gasteiger partial charge on any atom is 0.326 e. The first kappa shape index (κ1) is 16.3. The zero-order chi connectivity index (χ0) is 16.1. The lowest BCUT2D eigenvalue weighted by molar-refractivity contribution is -0.149. The van der Waals surface area contributed by atoms with Crippen molar-refractivity contribution in [2.75, 3.05) is 20.3 Å². The summed E-state index contributed by atoms with van der Waals surface area (Å²) in [5, 5.41) is 9.22. The Morgan fingerprint density at radius 2 is 2.09 bits per heavy atom. The van der Waals surface area contributed by atoms with E-state index in [0.717, 1.165) is 12.0 Å². The van der Waals surface area contributed by atoms with Crippen LogP contribution in [0.5, 0.6) is 5.75 Å². The van der Waals surface area contributed by atoms with Crippen LogP contribution >= 0.6 is 0 Å². The quantitative estimate of drug-likeness (QED) is 0.858. The summed E-state index contributed by atoms with van der Waals surface area (Å²) in [5.74, 6) is -0.688. The van der Waals surface area contributed by atoms with Crippen molar-refractivity contribution in [3.05, 3.63) is 29.8 Å². The van der Waals surface area contributed by atoms with Crippen LogP contribution in [0.2, 0.25) is 0 Å². The predicted molar refractivity (Wildman–Crippen MR) is 79.9 cm³/mol. The van der Waals surface area contributed by atoms with Crippen molar-refractivity contribution in [3.63, 3.8) is 0 Å². The monoisotopic (exact) mass is 307 g/mol. The van der Waals surface area contributed by atoms with Crippen LogP contribution in [0, 0.1) is 0 Å². The Balaban J connectivity index is 2.00. The van der Waals surface area contributed by atoms with Gasteiger partial charge in [-0.15, -0.1) is 0 Å². The summed E-state index contributed by atoms with van der Waals surface area (Å²) in [6, 6.07) is 6.66. The SMILES string of the molecule is CCc1ccccc1OCC(=O)N1CC(OC)CC1C(=O)O. The topological polar surface area (TPSA) is 76.1 Å². The molecule has 2 atom stereocenters. The lowest BCUT2D eigenvalue weighted by Gasteiger charge is -2.21. The standard InChI is InChI=1S/C16H21NO5/c1-3-11-6-4-5-7-14(11)22-10-15(18)17-9-12(21-2)8-13(17)16(19)20/h4-7,12-13H,3,8-10H2,1-2H3,(H,19,20). The molecule has 1 amide bonds. The van der Waals surface area contributed by atoms with Gasteiger partial charge in [0.1, 0.15) is 11.8 Å². The van der Waals surface area contributed by atoms with Crippen molar-refractivity contribution >= 4 is 11.9 Å². The van der Waals surface area contributed by atoms with Crippen molar-refractivity contribution in [1.82, 2.24) is 4.90 Å². The molecule has 1 saturated heterocycles. The second-order valence-electron chi connectivity index (χ2n) is 5.24. The van der Waals surface area contributed by atoms with Gasteiger partial charge in [-0.3, -0.25) is 4.79 Å². The fourth-order valence-electron chi connectivity index (χ4n) is 2.64. The molecule has 0 radical (unpaired) electrons. The third kappa shape index (κ3) is 3.57. The van der Waals surface area contributed by atoms with Crippen molar-refractivity contribution in [1.29, 1.82) is 0 Å². The average Bonchev–Trinajstić information content (AvgIpc) is 2.97. The van der Waals surface area contributed by atoms with Crippen LogP contribution in [-0.2, 0) is 20.7 Å². The first-order valence-electron chi connectivity index (χ1n) is 7.32. The minimum Gasteiger partial charge on any atom is -0.483 e. The molecule has 1 heterocycles. The van der Waals surface area contributed by atoms with E-state index in [4.69, 9.17) is 9.47 Å². The molecule has 6 nitrogen and oxygen atoms in total. The molecule has 1 aromatic carbocycles. The molecular formula is C16H21NO5.